The molecule has 21 heavy (non-hydrogen) atoms. The first-order chi connectivity index (χ1) is 9.86. The number of hydrogen-bond acceptors (Lipinski definition) is 5. The first-order valence-electron chi connectivity index (χ1n) is 6.76. The quantitative estimate of drug-likeness (QED) is 0.633. The number of hydrogen-bond donors (Lipinski definition) is 1. The van der Waals surface area contributed by atoms with Gasteiger partial charge in [0, 0.05) is 45.5 Å². The number of benzene rings is 1. The summed E-state index contributed by atoms with van der Waals surface area (Å²) in [5.74, 6) is -0.385. The molecule has 1 rings (SSSR count). The van der Waals surface area contributed by atoms with Crippen molar-refractivity contribution < 1.29 is 14.3 Å². The van der Waals surface area contributed by atoms with Crippen LogP contribution in [0.1, 0.15) is 23.2 Å². The van der Waals surface area contributed by atoms with Gasteiger partial charge in [-0.3, -0.25) is 9.59 Å². The number of amides is 1. The summed E-state index contributed by atoms with van der Waals surface area (Å²) in [6.45, 7) is 0.482. The van der Waals surface area contributed by atoms with E-state index >= 15 is 0 Å². The standard InChI is InChI=1S/C15H23N3O3/c1-17(2)13-8-7-11(16)10-12(13)15(20)18(3)9-5-6-14(19)21-4/h7-8,10H,5-6,9,16H2,1-4H3. The summed E-state index contributed by atoms with van der Waals surface area (Å²) in [7, 11) is 6.81. The Morgan fingerprint density at radius 2 is 1.90 bits per heavy atom. The molecule has 1 amide bonds. The topological polar surface area (TPSA) is 75.9 Å². The maximum atomic E-state index is 12.5. The second-order valence-electron chi connectivity index (χ2n) is 5.08. The van der Waals surface area contributed by atoms with Crippen LogP contribution in [0.5, 0.6) is 0 Å². The van der Waals surface area contributed by atoms with Gasteiger partial charge in [0.05, 0.1) is 12.7 Å². The van der Waals surface area contributed by atoms with Gasteiger partial charge in [0.25, 0.3) is 5.91 Å². The predicted molar refractivity (Wildman–Crippen MR) is 83.4 cm³/mol. The van der Waals surface area contributed by atoms with Gasteiger partial charge in [-0.1, -0.05) is 0 Å². The van der Waals surface area contributed by atoms with Crippen LogP contribution in [0.3, 0.4) is 0 Å². The Morgan fingerprint density at radius 1 is 1.24 bits per heavy atom. The van der Waals surface area contributed by atoms with E-state index in [0.29, 0.717) is 30.6 Å². The molecule has 116 valence electrons. The lowest BCUT2D eigenvalue weighted by atomic mass is 10.1. The van der Waals surface area contributed by atoms with Crippen molar-refractivity contribution in [1.82, 2.24) is 4.90 Å². The van der Waals surface area contributed by atoms with E-state index in [2.05, 4.69) is 4.74 Å². The summed E-state index contributed by atoms with van der Waals surface area (Å²) in [6, 6.07) is 5.27. The highest BCUT2D eigenvalue weighted by Gasteiger charge is 2.17. The van der Waals surface area contributed by atoms with Crippen molar-refractivity contribution >= 4 is 23.3 Å². The first kappa shape index (κ1) is 16.8. The zero-order valence-corrected chi connectivity index (χ0v) is 13.0. The van der Waals surface area contributed by atoms with Crippen LogP contribution in [0, 0.1) is 0 Å². The molecule has 0 saturated carbocycles. The van der Waals surface area contributed by atoms with Gasteiger partial charge in [-0.15, -0.1) is 0 Å². The molecule has 1 aromatic rings. The number of esters is 1. The SMILES string of the molecule is COC(=O)CCCN(C)C(=O)c1cc(N)ccc1N(C)C. The minimum Gasteiger partial charge on any atom is -0.469 e. The van der Waals surface area contributed by atoms with E-state index < -0.39 is 0 Å². The van der Waals surface area contributed by atoms with E-state index in [9.17, 15) is 9.59 Å². The minimum atomic E-state index is -0.270. The number of nitrogens with zero attached hydrogens (tertiary/aromatic N) is 2. The maximum absolute atomic E-state index is 12.5. The molecule has 0 atom stereocenters. The third-order valence-corrected chi connectivity index (χ3v) is 3.18. The van der Waals surface area contributed by atoms with Crippen LogP contribution in [0.2, 0.25) is 0 Å². The average molecular weight is 293 g/mol. The number of rotatable bonds is 6. The van der Waals surface area contributed by atoms with Crippen molar-refractivity contribution in [2.45, 2.75) is 12.8 Å². The minimum absolute atomic E-state index is 0.115. The van der Waals surface area contributed by atoms with Gasteiger partial charge >= 0.3 is 5.97 Å². The summed E-state index contributed by atoms with van der Waals surface area (Å²) >= 11 is 0. The zero-order valence-electron chi connectivity index (χ0n) is 13.0. The van der Waals surface area contributed by atoms with Crippen molar-refractivity contribution in [2.75, 3.05) is 45.4 Å². The maximum Gasteiger partial charge on any atom is 0.305 e. The zero-order chi connectivity index (χ0) is 16.0. The molecule has 0 heterocycles. The first-order valence-corrected chi connectivity index (χ1v) is 6.76. The van der Waals surface area contributed by atoms with E-state index in [-0.39, 0.29) is 11.9 Å². The average Bonchev–Trinajstić information content (AvgIpc) is 2.45. The second-order valence-corrected chi connectivity index (χ2v) is 5.08. The van der Waals surface area contributed by atoms with Crippen LogP contribution in [-0.2, 0) is 9.53 Å². The monoisotopic (exact) mass is 293 g/mol. The molecule has 1 aromatic carbocycles. The van der Waals surface area contributed by atoms with Crippen molar-refractivity contribution in [2.24, 2.45) is 0 Å². The number of ether oxygens (including phenoxy) is 1. The highest BCUT2D eigenvalue weighted by molar-refractivity contribution is 6.00. The van der Waals surface area contributed by atoms with Crippen molar-refractivity contribution in [3.63, 3.8) is 0 Å². The Hall–Kier alpha value is -2.24. The Balaban J connectivity index is 2.78. The number of carbonyl (C=O) groups is 2. The highest BCUT2D eigenvalue weighted by Crippen LogP contribution is 2.22. The van der Waals surface area contributed by atoms with Crippen LogP contribution < -0.4 is 10.6 Å². The van der Waals surface area contributed by atoms with Gasteiger partial charge in [0.1, 0.15) is 0 Å². The molecular formula is C15H23N3O3. The number of carbonyl (C=O) groups excluding carboxylic acids is 2. The Labute approximate surface area is 125 Å². The Kier molecular flexibility index (Phi) is 6.02. The predicted octanol–water partition coefficient (Wildman–Crippen LogP) is 1.36. The third-order valence-electron chi connectivity index (χ3n) is 3.18. The molecule has 6 heteroatoms. The molecule has 6 nitrogen and oxygen atoms in total. The Morgan fingerprint density at radius 3 is 2.48 bits per heavy atom. The van der Waals surface area contributed by atoms with Crippen molar-refractivity contribution in [3.05, 3.63) is 23.8 Å². The van der Waals surface area contributed by atoms with Crippen LogP contribution in [0.25, 0.3) is 0 Å². The van der Waals surface area contributed by atoms with Gasteiger partial charge in [-0.05, 0) is 24.6 Å². The Bertz CT molecular complexity index is 515. The summed E-state index contributed by atoms with van der Waals surface area (Å²) in [5.41, 5.74) is 7.69. The van der Waals surface area contributed by atoms with E-state index in [4.69, 9.17) is 5.73 Å². The summed E-state index contributed by atoms with van der Waals surface area (Å²) in [5, 5.41) is 0. The fourth-order valence-electron chi connectivity index (χ4n) is 1.98. The van der Waals surface area contributed by atoms with Gasteiger partial charge < -0.3 is 20.3 Å². The molecule has 0 aliphatic rings. The molecule has 0 radical (unpaired) electrons. The van der Waals surface area contributed by atoms with E-state index in [1.54, 1.807) is 24.1 Å². The van der Waals surface area contributed by atoms with Crippen LogP contribution in [0.4, 0.5) is 11.4 Å². The van der Waals surface area contributed by atoms with E-state index in [0.717, 1.165) is 5.69 Å². The highest BCUT2D eigenvalue weighted by atomic mass is 16.5. The molecule has 0 spiro atoms. The molecule has 0 fully saturated rings. The summed E-state index contributed by atoms with van der Waals surface area (Å²) in [4.78, 5) is 27.0. The lowest BCUT2D eigenvalue weighted by molar-refractivity contribution is -0.140. The lowest BCUT2D eigenvalue weighted by Gasteiger charge is -2.22. The fourth-order valence-corrected chi connectivity index (χ4v) is 1.98. The number of anilines is 2. The summed E-state index contributed by atoms with van der Waals surface area (Å²) < 4.78 is 4.58. The molecular weight excluding hydrogens is 270 g/mol. The van der Waals surface area contributed by atoms with Gasteiger partial charge in [0.2, 0.25) is 0 Å². The second kappa shape index (κ2) is 7.52. The largest absolute Gasteiger partial charge is 0.469 e. The summed E-state index contributed by atoms with van der Waals surface area (Å²) in [6.07, 6.45) is 0.861. The molecule has 0 unspecified atom stereocenters. The van der Waals surface area contributed by atoms with E-state index in [1.165, 1.54) is 7.11 Å². The third kappa shape index (κ3) is 4.66. The molecule has 0 saturated heterocycles. The smallest absolute Gasteiger partial charge is 0.305 e. The molecule has 2 N–H and O–H groups in total. The normalized spacial score (nSPS) is 10.1. The van der Waals surface area contributed by atoms with Gasteiger partial charge in [0.15, 0.2) is 0 Å². The molecule has 0 aromatic heterocycles. The number of nitrogens with two attached hydrogens (primary N) is 1. The van der Waals surface area contributed by atoms with Crippen LogP contribution in [0.15, 0.2) is 18.2 Å². The number of methoxy groups -OCH3 is 1. The van der Waals surface area contributed by atoms with Crippen LogP contribution >= 0.6 is 0 Å². The molecule has 0 bridgehead atoms. The molecule has 0 aliphatic heterocycles. The van der Waals surface area contributed by atoms with E-state index in [1.807, 2.05) is 25.1 Å². The lowest BCUT2D eigenvalue weighted by Crippen LogP contribution is -2.29. The van der Waals surface area contributed by atoms with Gasteiger partial charge in [-0.2, -0.15) is 0 Å². The van der Waals surface area contributed by atoms with Gasteiger partial charge in [-0.25, -0.2) is 0 Å². The number of nitrogen functional groups attached to an aromatic ring is 1. The fraction of sp³-hybridized carbons (Fsp3) is 0.467. The van der Waals surface area contributed by atoms with Crippen molar-refractivity contribution in [1.29, 1.82) is 0 Å². The van der Waals surface area contributed by atoms with Crippen molar-refractivity contribution in [3.8, 4) is 0 Å². The molecule has 0 aliphatic carbocycles. The van der Waals surface area contributed by atoms with Crippen LogP contribution in [-0.4, -0.2) is 51.6 Å².